The molecule has 3 rings (SSSR count). The van der Waals surface area contributed by atoms with Crippen molar-refractivity contribution in [3.63, 3.8) is 0 Å². The summed E-state index contributed by atoms with van der Waals surface area (Å²) >= 11 is 0. The number of piperidine rings is 1. The number of carbonyl (C=O) groups excluding carboxylic acids is 1. The van der Waals surface area contributed by atoms with Crippen LogP contribution in [0.2, 0.25) is 0 Å². The zero-order chi connectivity index (χ0) is 17.3. The maximum atomic E-state index is 12.1. The summed E-state index contributed by atoms with van der Waals surface area (Å²) in [5.41, 5.74) is 0.861. The van der Waals surface area contributed by atoms with E-state index in [-0.39, 0.29) is 5.91 Å². The van der Waals surface area contributed by atoms with Crippen LogP contribution in [0, 0.1) is 5.92 Å². The van der Waals surface area contributed by atoms with Crippen molar-refractivity contribution in [3.05, 3.63) is 60.7 Å². The SMILES string of the molecule is O=C(CCN1CCCC(COc2ccccc2)C1)Nc1ccccc1. The van der Waals surface area contributed by atoms with Crippen LogP contribution in [0.3, 0.4) is 0 Å². The first-order valence-electron chi connectivity index (χ1n) is 9.05. The molecule has 1 amide bonds. The number of anilines is 1. The molecule has 1 heterocycles. The molecule has 1 N–H and O–H groups in total. The van der Waals surface area contributed by atoms with Crippen LogP contribution >= 0.6 is 0 Å². The molecular weight excluding hydrogens is 312 g/mol. The van der Waals surface area contributed by atoms with Gasteiger partial charge in [-0.1, -0.05) is 36.4 Å². The van der Waals surface area contributed by atoms with Gasteiger partial charge in [0.1, 0.15) is 5.75 Å². The maximum absolute atomic E-state index is 12.1. The summed E-state index contributed by atoms with van der Waals surface area (Å²) in [4.78, 5) is 14.5. The van der Waals surface area contributed by atoms with Crippen molar-refractivity contribution in [2.24, 2.45) is 5.92 Å². The van der Waals surface area contributed by atoms with Crippen LogP contribution in [-0.4, -0.2) is 37.0 Å². The molecule has 0 aliphatic carbocycles. The molecule has 0 saturated carbocycles. The summed E-state index contributed by atoms with van der Waals surface area (Å²) in [7, 11) is 0. The first-order valence-corrected chi connectivity index (χ1v) is 9.05. The van der Waals surface area contributed by atoms with Gasteiger partial charge in [0, 0.05) is 31.1 Å². The third-order valence-electron chi connectivity index (χ3n) is 4.54. The molecular formula is C21H26N2O2. The quantitative estimate of drug-likeness (QED) is 0.835. The number of likely N-dealkylation sites (tertiary alicyclic amines) is 1. The highest BCUT2D eigenvalue weighted by Gasteiger charge is 2.20. The number of nitrogens with one attached hydrogen (secondary N) is 1. The number of para-hydroxylation sites is 2. The lowest BCUT2D eigenvalue weighted by molar-refractivity contribution is -0.116. The van der Waals surface area contributed by atoms with E-state index in [0.29, 0.717) is 12.3 Å². The zero-order valence-corrected chi connectivity index (χ0v) is 14.6. The number of benzene rings is 2. The lowest BCUT2D eigenvalue weighted by atomic mass is 9.99. The van der Waals surface area contributed by atoms with E-state index >= 15 is 0 Å². The predicted octanol–water partition coefficient (Wildman–Crippen LogP) is 3.81. The van der Waals surface area contributed by atoms with Gasteiger partial charge >= 0.3 is 0 Å². The molecule has 2 aromatic rings. The van der Waals surface area contributed by atoms with Crippen molar-refractivity contribution in [1.29, 1.82) is 0 Å². The molecule has 1 unspecified atom stereocenters. The lowest BCUT2D eigenvalue weighted by Gasteiger charge is -2.32. The molecule has 0 aromatic heterocycles. The number of amides is 1. The van der Waals surface area contributed by atoms with Gasteiger partial charge in [-0.25, -0.2) is 0 Å². The second-order valence-electron chi connectivity index (χ2n) is 6.60. The van der Waals surface area contributed by atoms with Crippen molar-refractivity contribution in [3.8, 4) is 5.75 Å². The van der Waals surface area contributed by atoms with E-state index in [2.05, 4.69) is 10.2 Å². The molecule has 1 fully saturated rings. The van der Waals surface area contributed by atoms with E-state index in [1.165, 1.54) is 12.8 Å². The van der Waals surface area contributed by atoms with Crippen molar-refractivity contribution < 1.29 is 9.53 Å². The van der Waals surface area contributed by atoms with Gasteiger partial charge in [0.15, 0.2) is 0 Å². The van der Waals surface area contributed by atoms with E-state index in [9.17, 15) is 4.79 Å². The topological polar surface area (TPSA) is 41.6 Å². The Labute approximate surface area is 149 Å². The molecule has 4 heteroatoms. The van der Waals surface area contributed by atoms with Crippen molar-refractivity contribution in [2.45, 2.75) is 19.3 Å². The van der Waals surface area contributed by atoms with Crippen molar-refractivity contribution in [1.82, 2.24) is 4.90 Å². The second kappa shape index (κ2) is 9.23. The number of rotatable bonds is 7. The highest BCUT2D eigenvalue weighted by Crippen LogP contribution is 2.19. The third kappa shape index (κ3) is 5.91. The summed E-state index contributed by atoms with van der Waals surface area (Å²) in [5, 5.41) is 2.95. The number of hydrogen-bond donors (Lipinski definition) is 1. The summed E-state index contributed by atoms with van der Waals surface area (Å²) in [5.74, 6) is 1.54. The second-order valence-corrected chi connectivity index (χ2v) is 6.60. The highest BCUT2D eigenvalue weighted by molar-refractivity contribution is 5.90. The molecule has 1 aliphatic rings. The van der Waals surface area contributed by atoms with Crippen molar-refractivity contribution in [2.75, 3.05) is 31.6 Å². The summed E-state index contributed by atoms with van der Waals surface area (Å²) < 4.78 is 5.89. The molecule has 25 heavy (non-hydrogen) atoms. The maximum Gasteiger partial charge on any atom is 0.225 e. The Bertz CT molecular complexity index is 645. The van der Waals surface area contributed by atoms with E-state index in [1.54, 1.807) is 0 Å². The average Bonchev–Trinajstić information content (AvgIpc) is 2.67. The van der Waals surface area contributed by atoms with Crippen LogP contribution in [-0.2, 0) is 4.79 Å². The first-order chi connectivity index (χ1) is 12.3. The molecule has 2 aromatic carbocycles. The number of carbonyl (C=O) groups is 1. The van der Waals surface area contributed by atoms with E-state index in [0.717, 1.165) is 37.7 Å². The fourth-order valence-electron chi connectivity index (χ4n) is 3.23. The highest BCUT2D eigenvalue weighted by atomic mass is 16.5. The molecule has 132 valence electrons. The molecule has 0 bridgehead atoms. The van der Waals surface area contributed by atoms with Crippen LogP contribution in [0.15, 0.2) is 60.7 Å². The average molecular weight is 338 g/mol. The standard InChI is InChI=1S/C21H26N2O2/c24-21(22-19-9-3-1-4-10-19)13-15-23-14-7-8-18(16-23)17-25-20-11-5-2-6-12-20/h1-6,9-12,18H,7-8,13-17H2,(H,22,24). The Morgan fingerprint density at radius 2 is 1.80 bits per heavy atom. The molecule has 1 atom stereocenters. The Morgan fingerprint density at radius 1 is 1.08 bits per heavy atom. The summed E-state index contributed by atoms with van der Waals surface area (Å²) in [6.07, 6.45) is 2.89. The first kappa shape index (κ1) is 17.5. The Hall–Kier alpha value is -2.33. The summed E-state index contributed by atoms with van der Waals surface area (Å²) in [6, 6.07) is 19.6. The minimum Gasteiger partial charge on any atom is -0.493 e. The molecule has 1 aliphatic heterocycles. The van der Waals surface area contributed by atoms with Gasteiger partial charge in [0.2, 0.25) is 5.91 Å². The zero-order valence-electron chi connectivity index (χ0n) is 14.6. The Morgan fingerprint density at radius 3 is 2.56 bits per heavy atom. The Balaban J connectivity index is 1.38. The fraction of sp³-hybridized carbons (Fsp3) is 0.381. The van der Waals surface area contributed by atoms with Gasteiger partial charge in [-0.05, 0) is 43.7 Å². The minimum absolute atomic E-state index is 0.0776. The fourth-order valence-corrected chi connectivity index (χ4v) is 3.23. The number of nitrogens with zero attached hydrogens (tertiary/aromatic N) is 1. The van der Waals surface area contributed by atoms with Gasteiger partial charge in [0.25, 0.3) is 0 Å². The smallest absolute Gasteiger partial charge is 0.225 e. The van der Waals surface area contributed by atoms with Crippen LogP contribution in [0.1, 0.15) is 19.3 Å². The van der Waals surface area contributed by atoms with E-state index in [1.807, 2.05) is 60.7 Å². The van der Waals surface area contributed by atoms with Crippen molar-refractivity contribution >= 4 is 11.6 Å². The molecule has 0 radical (unpaired) electrons. The van der Waals surface area contributed by atoms with E-state index in [4.69, 9.17) is 4.74 Å². The van der Waals surface area contributed by atoms with Crippen LogP contribution < -0.4 is 10.1 Å². The number of ether oxygens (including phenoxy) is 1. The lowest BCUT2D eigenvalue weighted by Crippen LogP contribution is -2.39. The van der Waals surface area contributed by atoms with E-state index < -0.39 is 0 Å². The van der Waals surface area contributed by atoms with Gasteiger partial charge in [-0.2, -0.15) is 0 Å². The number of hydrogen-bond acceptors (Lipinski definition) is 3. The van der Waals surface area contributed by atoms with Gasteiger partial charge in [0.05, 0.1) is 6.61 Å². The molecule has 1 saturated heterocycles. The normalized spacial score (nSPS) is 17.8. The van der Waals surface area contributed by atoms with Crippen LogP contribution in [0.4, 0.5) is 5.69 Å². The van der Waals surface area contributed by atoms with Gasteiger partial charge < -0.3 is 15.0 Å². The van der Waals surface area contributed by atoms with Crippen LogP contribution in [0.5, 0.6) is 5.75 Å². The van der Waals surface area contributed by atoms with Crippen LogP contribution in [0.25, 0.3) is 0 Å². The van der Waals surface area contributed by atoms with Gasteiger partial charge in [-0.3, -0.25) is 4.79 Å². The van der Waals surface area contributed by atoms with Gasteiger partial charge in [-0.15, -0.1) is 0 Å². The third-order valence-corrected chi connectivity index (χ3v) is 4.54. The minimum atomic E-state index is 0.0776. The largest absolute Gasteiger partial charge is 0.493 e. The Kier molecular flexibility index (Phi) is 6.46. The summed E-state index contributed by atoms with van der Waals surface area (Å²) in [6.45, 7) is 3.63. The monoisotopic (exact) mass is 338 g/mol. The predicted molar refractivity (Wildman–Crippen MR) is 101 cm³/mol. The molecule has 4 nitrogen and oxygen atoms in total. The molecule has 0 spiro atoms.